The SMILES string of the molecule is COc1ccccc1CNCC(=O)NCc1ccccc1C. The molecule has 0 bridgehead atoms. The van der Waals surface area contributed by atoms with E-state index >= 15 is 0 Å². The van der Waals surface area contributed by atoms with Gasteiger partial charge in [0.25, 0.3) is 0 Å². The molecule has 0 fully saturated rings. The fourth-order valence-electron chi connectivity index (χ4n) is 2.22. The van der Waals surface area contributed by atoms with Crippen molar-refractivity contribution in [3.63, 3.8) is 0 Å². The van der Waals surface area contributed by atoms with E-state index in [1.807, 2.05) is 55.5 Å². The number of ether oxygens (including phenoxy) is 1. The standard InChI is InChI=1S/C18H22N2O2/c1-14-7-3-4-8-15(14)12-20-18(21)13-19-11-16-9-5-6-10-17(16)22-2/h3-10,19H,11-13H2,1-2H3,(H,20,21). The Kier molecular flexibility index (Phi) is 5.98. The molecule has 0 saturated heterocycles. The molecule has 2 rings (SSSR count). The second-order valence-corrected chi connectivity index (χ2v) is 5.12. The first-order valence-corrected chi connectivity index (χ1v) is 7.34. The number of aryl methyl sites for hydroxylation is 1. The van der Waals surface area contributed by atoms with Gasteiger partial charge in [0.2, 0.25) is 5.91 Å². The summed E-state index contributed by atoms with van der Waals surface area (Å²) in [6.07, 6.45) is 0. The van der Waals surface area contributed by atoms with Gasteiger partial charge in [-0.1, -0.05) is 42.5 Å². The van der Waals surface area contributed by atoms with Crippen molar-refractivity contribution in [2.24, 2.45) is 0 Å². The van der Waals surface area contributed by atoms with Crippen molar-refractivity contribution >= 4 is 5.91 Å². The van der Waals surface area contributed by atoms with Crippen LogP contribution in [0.15, 0.2) is 48.5 Å². The van der Waals surface area contributed by atoms with Crippen molar-refractivity contribution in [3.8, 4) is 5.75 Å². The maximum atomic E-state index is 11.9. The van der Waals surface area contributed by atoms with Gasteiger partial charge >= 0.3 is 0 Å². The van der Waals surface area contributed by atoms with E-state index in [-0.39, 0.29) is 12.5 Å². The van der Waals surface area contributed by atoms with Crippen LogP contribution < -0.4 is 15.4 Å². The van der Waals surface area contributed by atoms with Gasteiger partial charge in [-0.25, -0.2) is 0 Å². The number of nitrogens with one attached hydrogen (secondary N) is 2. The van der Waals surface area contributed by atoms with Crippen LogP contribution in [0.4, 0.5) is 0 Å². The van der Waals surface area contributed by atoms with Crippen LogP contribution in [0.3, 0.4) is 0 Å². The van der Waals surface area contributed by atoms with Gasteiger partial charge in [-0.2, -0.15) is 0 Å². The number of carbonyl (C=O) groups is 1. The average molecular weight is 298 g/mol. The van der Waals surface area contributed by atoms with Gasteiger partial charge in [0.15, 0.2) is 0 Å². The first-order chi connectivity index (χ1) is 10.7. The number of para-hydroxylation sites is 1. The Hall–Kier alpha value is -2.33. The van der Waals surface area contributed by atoms with Crippen molar-refractivity contribution < 1.29 is 9.53 Å². The molecule has 2 N–H and O–H groups in total. The monoisotopic (exact) mass is 298 g/mol. The summed E-state index contributed by atoms with van der Waals surface area (Å²) >= 11 is 0. The first-order valence-electron chi connectivity index (χ1n) is 7.34. The van der Waals surface area contributed by atoms with Crippen molar-refractivity contribution in [1.29, 1.82) is 0 Å². The third-order valence-electron chi connectivity index (χ3n) is 3.53. The van der Waals surface area contributed by atoms with Gasteiger partial charge in [-0.15, -0.1) is 0 Å². The third-order valence-corrected chi connectivity index (χ3v) is 3.53. The van der Waals surface area contributed by atoms with Crippen LogP contribution >= 0.6 is 0 Å². The molecule has 0 radical (unpaired) electrons. The largest absolute Gasteiger partial charge is 0.496 e. The highest BCUT2D eigenvalue weighted by molar-refractivity contribution is 5.78. The van der Waals surface area contributed by atoms with Crippen LogP contribution in [-0.4, -0.2) is 19.6 Å². The Morgan fingerprint density at radius 3 is 2.41 bits per heavy atom. The van der Waals surface area contributed by atoms with Crippen LogP contribution in [0.25, 0.3) is 0 Å². The maximum absolute atomic E-state index is 11.9. The minimum atomic E-state index is -0.0156. The highest BCUT2D eigenvalue weighted by atomic mass is 16.5. The van der Waals surface area contributed by atoms with E-state index in [0.29, 0.717) is 13.1 Å². The van der Waals surface area contributed by atoms with Gasteiger partial charge in [0.1, 0.15) is 5.75 Å². The lowest BCUT2D eigenvalue weighted by Crippen LogP contribution is -2.33. The topological polar surface area (TPSA) is 50.4 Å². The molecule has 0 spiro atoms. The molecule has 0 aromatic heterocycles. The van der Waals surface area contributed by atoms with Crippen LogP contribution in [0, 0.1) is 6.92 Å². The summed E-state index contributed by atoms with van der Waals surface area (Å²) in [4.78, 5) is 11.9. The maximum Gasteiger partial charge on any atom is 0.234 e. The minimum absolute atomic E-state index is 0.0156. The number of carbonyl (C=O) groups excluding carboxylic acids is 1. The smallest absolute Gasteiger partial charge is 0.234 e. The Labute approximate surface area is 131 Å². The zero-order chi connectivity index (χ0) is 15.8. The second-order valence-electron chi connectivity index (χ2n) is 5.12. The molecule has 2 aromatic carbocycles. The van der Waals surface area contributed by atoms with Crippen molar-refractivity contribution in [2.45, 2.75) is 20.0 Å². The van der Waals surface area contributed by atoms with Crippen LogP contribution in [0.1, 0.15) is 16.7 Å². The third kappa shape index (κ3) is 4.60. The minimum Gasteiger partial charge on any atom is -0.496 e. The molecule has 0 saturated carbocycles. The molecule has 0 heterocycles. The predicted molar refractivity (Wildman–Crippen MR) is 87.7 cm³/mol. The summed E-state index contributed by atoms with van der Waals surface area (Å²) in [5.74, 6) is 0.813. The summed E-state index contributed by atoms with van der Waals surface area (Å²) in [5.41, 5.74) is 3.36. The van der Waals surface area contributed by atoms with Gasteiger partial charge in [0, 0.05) is 18.7 Å². The van der Waals surface area contributed by atoms with Gasteiger partial charge in [0.05, 0.1) is 13.7 Å². The first kappa shape index (κ1) is 16.0. The quantitative estimate of drug-likeness (QED) is 0.825. The Bertz CT molecular complexity index is 626. The van der Waals surface area contributed by atoms with E-state index in [9.17, 15) is 4.79 Å². The lowest BCUT2D eigenvalue weighted by atomic mass is 10.1. The molecule has 4 nitrogen and oxygen atoms in total. The molecule has 0 atom stereocenters. The van der Waals surface area contributed by atoms with Crippen molar-refractivity contribution in [2.75, 3.05) is 13.7 Å². The molecule has 0 aliphatic heterocycles. The summed E-state index contributed by atoms with van der Waals surface area (Å²) in [6.45, 7) is 3.48. The summed E-state index contributed by atoms with van der Waals surface area (Å²) < 4.78 is 5.28. The molecule has 22 heavy (non-hydrogen) atoms. The van der Waals surface area contributed by atoms with E-state index in [2.05, 4.69) is 10.6 Å². The summed E-state index contributed by atoms with van der Waals surface area (Å²) in [5, 5.41) is 6.06. The molecule has 116 valence electrons. The van der Waals surface area contributed by atoms with Crippen molar-refractivity contribution in [1.82, 2.24) is 10.6 Å². The van der Waals surface area contributed by atoms with Crippen molar-refractivity contribution in [3.05, 3.63) is 65.2 Å². The van der Waals surface area contributed by atoms with E-state index in [0.717, 1.165) is 16.9 Å². The lowest BCUT2D eigenvalue weighted by Gasteiger charge is -2.10. The van der Waals surface area contributed by atoms with Gasteiger partial charge < -0.3 is 15.4 Å². The highest BCUT2D eigenvalue weighted by Gasteiger charge is 2.04. The molecule has 1 amide bonds. The zero-order valence-corrected chi connectivity index (χ0v) is 13.1. The van der Waals surface area contributed by atoms with Gasteiger partial charge in [-0.3, -0.25) is 4.79 Å². The number of amides is 1. The van der Waals surface area contributed by atoms with Gasteiger partial charge in [-0.05, 0) is 24.1 Å². The van der Waals surface area contributed by atoms with Crippen LogP contribution in [0.2, 0.25) is 0 Å². The number of hydrogen-bond donors (Lipinski definition) is 2. The fraction of sp³-hybridized carbons (Fsp3) is 0.278. The summed E-state index contributed by atoms with van der Waals surface area (Å²) in [7, 11) is 1.65. The molecule has 4 heteroatoms. The Morgan fingerprint density at radius 2 is 1.68 bits per heavy atom. The number of hydrogen-bond acceptors (Lipinski definition) is 3. The molecule has 0 aliphatic rings. The highest BCUT2D eigenvalue weighted by Crippen LogP contribution is 2.16. The molecular formula is C18H22N2O2. The molecule has 2 aromatic rings. The normalized spacial score (nSPS) is 10.3. The average Bonchev–Trinajstić information content (AvgIpc) is 2.54. The summed E-state index contributed by atoms with van der Waals surface area (Å²) in [6, 6.07) is 15.8. The molecule has 0 unspecified atom stereocenters. The predicted octanol–water partition coefficient (Wildman–Crippen LogP) is 2.41. The second kappa shape index (κ2) is 8.20. The number of rotatable bonds is 7. The number of benzene rings is 2. The van der Waals surface area contributed by atoms with Crippen LogP contribution in [0.5, 0.6) is 5.75 Å². The van der Waals surface area contributed by atoms with E-state index in [1.54, 1.807) is 7.11 Å². The zero-order valence-electron chi connectivity index (χ0n) is 13.1. The fourth-order valence-corrected chi connectivity index (χ4v) is 2.22. The lowest BCUT2D eigenvalue weighted by molar-refractivity contribution is -0.120. The van der Waals surface area contributed by atoms with E-state index in [1.165, 1.54) is 5.56 Å². The Balaban J connectivity index is 1.75. The Morgan fingerprint density at radius 1 is 1.00 bits per heavy atom. The van der Waals surface area contributed by atoms with E-state index in [4.69, 9.17) is 4.74 Å². The van der Waals surface area contributed by atoms with E-state index < -0.39 is 0 Å². The van der Waals surface area contributed by atoms with Crippen LogP contribution in [-0.2, 0) is 17.9 Å². The molecule has 0 aliphatic carbocycles. The number of methoxy groups -OCH3 is 1. The molecular weight excluding hydrogens is 276 g/mol.